The maximum atomic E-state index is 11.8. The third-order valence-electron chi connectivity index (χ3n) is 2.66. The highest BCUT2D eigenvalue weighted by Crippen LogP contribution is 2.24. The number of halogens is 2. The maximum absolute atomic E-state index is 11.8. The Hall–Kier alpha value is -1.85. The second kappa shape index (κ2) is 7.24. The standard InChI is InChI=1S/C15H12BrClN2O2/c1-21-14-7-2-10(8-13(14)17)9-18-19-15(20)11-3-5-12(16)6-4-11/h2-9H,1H3,(H,19,20). The second-order valence-electron chi connectivity index (χ2n) is 4.10. The van der Waals surface area contributed by atoms with E-state index in [1.165, 1.54) is 6.21 Å². The van der Waals surface area contributed by atoms with E-state index >= 15 is 0 Å². The molecule has 4 nitrogen and oxygen atoms in total. The van der Waals surface area contributed by atoms with E-state index in [0.29, 0.717) is 16.3 Å². The first-order valence-corrected chi connectivity index (χ1v) is 7.20. The molecule has 21 heavy (non-hydrogen) atoms. The smallest absolute Gasteiger partial charge is 0.271 e. The van der Waals surface area contributed by atoms with Crippen molar-refractivity contribution in [2.24, 2.45) is 5.10 Å². The molecular weight excluding hydrogens is 356 g/mol. The Morgan fingerprint density at radius 1 is 1.29 bits per heavy atom. The van der Waals surface area contributed by atoms with Gasteiger partial charge in [0, 0.05) is 10.0 Å². The average molecular weight is 368 g/mol. The lowest BCUT2D eigenvalue weighted by Crippen LogP contribution is -2.17. The van der Waals surface area contributed by atoms with Crippen LogP contribution in [-0.4, -0.2) is 19.2 Å². The van der Waals surface area contributed by atoms with Crippen molar-refractivity contribution < 1.29 is 9.53 Å². The Labute approximate surface area is 135 Å². The van der Waals surface area contributed by atoms with Crippen molar-refractivity contribution in [3.8, 4) is 5.75 Å². The van der Waals surface area contributed by atoms with Crippen LogP contribution in [0.3, 0.4) is 0 Å². The summed E-state index contributed by atoms with van der Waals surface area (Å²) in [4.78, 5) is 11.8. The molecule has 108 valence electrons. The number of nitrogens with one attached hydrogen (secondary N) is 1. The molecule has 6 heteroatoms. The van der Waals surface area contributed by atoms with Gasteiger partial charge < -0.3 is 4.74 Å². The van der Waals surface area contributed by atoms with Crippen LogP contribution in [0.15, 0.2) is 52.0 Å². The van der Waals surface area contributed by atoms with E-state index in [4.69, 9.17) is 16.3 Å². The van der Waals surface area contributed by atoms with Gasteiger partial charge in [-0.2, -0.15) is 5.10 Å². The van der Waals surface area contributed by atoms with E-state index in [0.717, 1.165) is 10.0 Å². The van der Waals surface area contributed by atoms with Crippen LogP contribution in [0.5, 0.6) is 5.75 Å². The zero-order chi connectivity index (χ0) is 15.2. The minimum Gasteiger partial charge on any atom is -0.495 e. The number of rotatable bonds is 4. The fraction of sp³-hybridized carbons (Fsp3) is 0.0667. The Bertz CT molecular complexity index is 672. The van der Waals surface area contributed by atoms with Gasteiger partial charge in [-0.3, -0.25) is 4.79 Å². The highest BCUT2D eigenvalue weighted by molar-refractivity contribution is 9.10. The Balaban J connectivity index is 2.00. The molecule has 0 radical (unpaired) electrons. The molecule has 0 heterocycles. The van der Waals surface area contributed by atoms with Crippen molar-refractivity contribution in [3.63, 3.8) is 0 Å². The van der Waals surface area contributed by atoms with E-state index < -0.39 is 0 Å². The first-order valence-electron chi connectivity index (χ1n) is 6.02. The Morgan fingerprint density at radius 3 is 2.62 bits per heavy atom. The lowest BCUT2D eigenvalue weighted by molar-refractivity contribution is 0.0955. The first kappa shape index (κ1) is 15.5. The van der Waals surface area contributed by atoms with Crippen LogP contribution in [0.1, 0.15) is 15.9 Å². The van der Waals surface area contributed by atoms with Gasteiger partial charge in [0.05, 0.1) is 18.3 Å². The van der Waals surface area contributed by atoms with Gasteiger partial charge >= 0.3 is 0 Å². The molecule has 2 aromatic rings. The molecule has 0 unspecified atom stereocenters. The highest BCUT2D eigenvalue weighted by atomic mass is 79.9. The molecular formula is C15H12BrClN2O2. The van der Waals surface area contributed by atoms with Crippen molar-refractivity contribution in [3.05, 3.63) is 63.1 Å². The van der Waals surface area contributed by atoms with Crippen LogP contribution in [0, 0.1) is 0 Å². The monoisotopic (exact) mass is 366 g/mol. The number of benzene rings is 2. The van der Waals surface area contributed by atoms with Gasteiger partial charge in [0.1, 0.15) is 5.75 Å². The molecule has 0 bridgehead atoms. The van der Waals surface area contributed by atoms with Crippen LogP contribution in [0.25, 0.3) is 0 Å². The largest absolute Gasteiger partial charge is 0.495 e. The van der Waals surface area contributed by atoms with E-state index in [2.05, 4.69) is 26.5 Å². The SMILES string of the molecule is COc1ccc(C=NNC(=O)c2ccc(Br)cc2)cc1Cl. The number of hydrogen-bond donors (Lipinski definition) is 1. The maximum Gasteiger partial charge on any atom is 0.271 e. The summed E-state index contributed by atoms with van der Waals surface area (Å²) in [6.45, 7) is 0. The number of methoxy groups -OCH3 is 1. The predicted molar refractivity (Wildman–Crippen MR) is 87.2 cm³/mol. The van der Waals surface area contributed by atoms with E-state index in [9.17, 15) is 4.79 Å². The van der Waals surface area contributed by atoms with Crippen LogP contribution >= 0.6 is 27.5 Å². The number of carbonyl (C=O) groups excluding carboxylic acids is 1. The molecule has 1 amide bonds. The molecule has 0 aromatic heterocycles. The van der Waals surface area contributed by atoms with Gasteiger partial charge in [0.2, 0.25) is 0 Å². The van der Waals surface area contributed by atoms with Crippen molar-refractivity contribution in [1.29, 1.82) is 0 Å². The van der Waals surface area contributed by atoms with Crippen LogP contribution in [-0.2, 0) is 0 Å². The van der Waals surface area contributed by atoms with Crippen molar-refractivity contribution in [1.82, 2.24) is 5.43 Å². The van der Waals surface area contributed by atoms with Crippen molar-refractivity contribution in [2.75, 3.05) is 7.11 Å². The van der Waals surface area contributed by atoms with Gasteiger partial charge in [-0.15, -0.1) is 0 Å². The molecule has 0 fully saturated rings. The molecule has 0 aliphatic carbocycles. The molecule has 0 aliphatic heterocycles. The highest BCUT2D eigenvalue weighted by Gasteiger charge is 2.03. The van der Waals surface area contributed by atoms with Gasteiger partial charge in [0.15, 0.2) is 0 Å². The molecule has 0 saturated carbocycles. The normalized spacial score (nSPS) is 10.6. The first-order chi connectivity index (χ1) is 10.1. The lowest BCUT2D eigenvalue weighted by atomic mass is 10.2. The predicted octanol–water partition coefficient (Wildman–Crippen LogP) is 3.88. The summed E-state index contributed by atoms with van der Waals surface area (Å²) >= 11 is 9.32. The lowest BCUT2D eigenvalue weighted by Gasteiger charge is -2.03. The van der Waals surface area contributed by atoms with E-state index in [-0.39, 0.29) is 5.91 Å². The third kappa shape index (κ3) is 4.31. The third-order valence-corrected chi connectivity index (χ3v) is 3.49. The summed E-state index contributed by atoms with van der Waals surface area (Å²) in [5.41, 5.74) is 3.75. The van der Waals surface area contributed by atoms with Crippen LogP contribution < -0.4 is 10.2 Å². The van der Waals surface area contributed by atoms with Crippen molar-refractivity contribution in [2.45, 2.75) is 0 Å². The zero-order valence-electron chi connectivity index (χ0n) is 11.1. The summed E-state index contributed by atoms with van der Waals surface area (Å²) in [7, 11) is 1.55. The van der Waals surface area contributed by atoms with E-state index in [1.54, 1.807) is 49.6 Å². The fourth-order valence-electron chi connectivity index (χ4n) is 1.59. The van der Waals surface area contributed by atoms with Gasteiger partial charge in [-0.05, 0) is 48.0 Å². The second-order valence-corrected chi connectivity index (χ2v) is 5.42. The minimum absolute atomic E-state index is 0.279. The molecule has 0 aliphatic rings. The number of amides is 1. The fourth-order valence-corrected chi connectivity index (χ4v) is 2.12. The minimum atomic E-state index is -0.279. The number of hydrazone groups is 1. The van der Waals surface area contributed by atoms with E-state index in [1.807, 2.05) is 0 Å². The van der Waals surface area contributed by atoms with Gasteiger partial charge in [0.25, 0.3) is 5.91 Å². The number of nitrogens with zero attached hydrogens (tertiary/aromatic N) is 1. The molecule has 1 N–H and O–H groups in total. The molecule has 0 atom stereocenters. The van der Waals surface area contributed by atoms with Crippen LogP contribution in [0.4, 0.5) is 0 Å². The van der Waals surface area contributed by atoms with Crippen molar-refractivity contribution >= 4 is 39.7 Å². The van der Waals surface area contributed by atoms with Gasteiger partial charge in [-0.1, -0.05) is 27.5 Å². The topological polar surface area (TPSA) is 50.7 Å². The summed E-state index contributed by atoms with van der Waals surface area (Å²) in [5, 5.41) is 4.39. The molecule has 2 aromatic carbocycles. The summed E-state index contributed by atoms with van der Waals surface area (Å²) in [6.07, 6.45) is 1.52. The quantitative estimate of drug-likeness (QED) is 0.659. The molecule has 2 rings (SSSR count). The number of ether oxygens (including phenoxy) is 1. The average Bonchev–Trinajstić information content (AvgIpc) is 2.48. The number of carbonyl (C=O) groups is 1. The molecule has 0 spiro atoms. The Morgan fingerprint density at radius 2 is 2.00 bits per heavy atom. The summed E-state index contributed by atoms with van der Waals surface area (Å²) < 4.78 is 5.97. The summed E-state index contributed by atoms with van der Waals surface area (Å²) in [6, 6.07) is 12.2. The summed E-state index contributed by atoms with van der Waals surface area (Å²) in [5.74, 6) is 0.311. The Kier molecular flexibility index (Phi) is 5.36. The van der Waals surface area contributed by atoms with Crippen LogP contribution in [0.2, 0.25) is 5.02 Å². The molecule has 0 saturated heterocycles. The van der Waals surface area contributed by atoms with Gasteiger partial charge in [-0.25, -0.2) is 5.43 Å². The number of hydrogen-bond acceptors (Lipinski definition) is 3. The zero-order valence-corrected chi connectivity index (χ0v) is 13.5.